The first-order valence-corrected chi connectivity index (χ1v) is 7.35. The summed E-state index contributed by atoms with van der Waals surface area (Å²) in [6, 6.07) is 5.56. The van der Waals surface area contributed by atoms with Crippen molar-refractivity contribution in [3.05, 3.63) is 23.2 Å². The van der Waals surface area contributed by atoms with E-state index in [1.807, 2.05) is 31.1 Å². The van der Waals surface area contributed by atoms with Crippen LogP contribution in [0.15, 0.2) is 18.2 Å². The molecule has 1 saturated carbocycles. The average Bonchev–Trinajstić information content (AvgIpc) is 2.88. The third kappa shape index (κ3) is 2.91. The Balaban J connectivity index is 2.14. The summed E-state index contributed by atoms with van der Waals surface area (Å²) in [4.78, 5) is 14.4. The Hall–Kier alpha value is -1.26. The second-order valence-corrected chi connectivity index (χ2v) is 6.11. The third-order valence-corrected chi connectivity index (χ3v) is 4.42. The number of anilines is 2. The zero-order valence-corrected chi connectivity index (χ0v) is 12.8. The van der Waals surface area contributed by atoms with Crippen LogP contribution in [-0.4, -0.2) is 26.5 Å². The highest BCUT2D eigenvalue weighted by Crippen LogP contribution is 2.38. The highest BCUT2D eigenvalue weighted by molar-refractivity contribution is 6.33. The van der Waals surface area contributed by atoms with Gasteiger partial charge in [0.25, 0.3) is 0 Å². The van der Waals surface area contributed by atoms with Gasteiger partial charge in [-0.2, -0.15) is 0 Å². The third-order valence-electron chi connectivity index (χ3n) is 4.12. The van der Waals surface area contributed by atoms with Crippen molar-refractivity contribution in [1.82, 2.24) is 0 Å². The molecule has 0 aliphatic heterocycles. The summed E-state index contributed by atoms with van der Waals surface area (Å²) in [5.74, 6) is 0.0196. The van der Waals surface area contributed by atoms with Gasteiger partial charge >= 0.3 is 0 Å². The van der Waals surface area contributed by atoms with E-state index in [9.17, 15) is 4.79 Å². The van der Waals surface area contributed by atoms with E-state index in [2.05, 4.69) is 5.32 Å². The van der Waals surface area contributed by atoms with Gasteiger partial charge in [-0.25, -0.2) is 0 Å². The highest BCUT2D eigenvalue weighted by Gasteiger charge is 2.39. The van der Waals surface area contributed by atoms with E-state index in [1.165, 1.54) is 0 Å². The summed E-state index contributed by atoms with van der Waals surface area (Å²) >= 11 is 6.22. The van der Waals surface area contributed by atoms with Crippen LogP contribution in [0.4, 0.5) is 11.4 Å². The Bertz CT molecular complexity index is 496. The van der Waals surface area contributed by atoms with Crippen LogP contribution in [0, 0.1) is 5.41 Å². The van der Waals surface area contributed by atoms with Crippen LogP contribution in [-0.2, 0) is 4.79 Å². The van der Waals surface area contributed by atoms with Crippen LogP contribution >= 0.6 is 11.6 Å². The van der Waals surface area contributed by atoms with E-state index in [0.717, 1.165) is 37.1 Å². The number of hydrogen-bond donors (Lipinski definition) is 2. The van der Waals surface area contributed by atoms with Gasteiger partial charge in [-0.1, -0.05) is 24.4 Å². The Labute approximate surface area is 125 Å². The Morgan fingerprint density at radius 2 is 2.05 bits per heavy atom. The van der Waals surface area contributed by atoms with Crippen LogP contribution in [0.3, 0.4) is 0 Å². The second kappa shape index (κ2) is 6.02. The van der Waals surface area contributed by atoms with Crippen LogP contribution < -0.4 is 16.0 Å². The standard InChI is InChI=1S/C15H22ClN3O/c1-19(2)13-6-5-11(9-12(13)16)18-14(20)15(10-17)7-3-4-8-15/h5-6,9H,3-4,7-8,10,17H2,1-2H3,(H,18,20). The van der Waals surface area contributed by atoms with Crippen molar-refractivity contribution in [2.24, 2.45) is 11.1 Å². The van der Waals surface area contributed by atoms with Crippen molar-refractivity contribution >= 4 is 28.9 Å². The molecule has 0 radical (unpaired) electrons. The van der Waals surface area contributed by atoms with Gasteiger partial charge in [-0.05, 0) is 31.0 Å². The molecule has 0 aromatic heterocycles. The SMILES string of the molecule is CN(C)c1ccc(NC(=O)C2(CN)CCCC2)cc1Cl. The summed E-state index contributed by atoms with van der Waals surface area (Å²) in [6.45, 7) is 0.405. The maximum atomic E-state index is 12.5. The molecule has 1 aliphatic carbocycles. The van der Waals surface area contributed by atoms with E-state index in [-0.39, 0.29) is 5.91 Å². The molecule has 0 saturated heterocycles. The predicted octanol–water partition coefficient (Wildman–Crippen LogP) is 2.86. The molecule has 110 valence electrons. The summed E-state index contributed by atoms with van der Waals surface area (Å²) in [5, 5.41) is 3.59. The average molecular weight is 296 g/mol. The molecular weight excluding hydrogens is 274 g/mol. The van der Waals surface area contributed by atoms with Gasteiger partial charge in [0.15, 0.2) is 0 Å². The highest BCUT2D eigenvalue weighted by atomic mass is 35.5. The molecule has 1 aromatic carbocycles. The molecule has 3 N–H and O–H groups in total. The maximum Gasteiger partial charge on any atom is 0.231 e. The zero-order valence-electron chi connectivity index (χ0n) is 12.1. The first-order valence-electron chi connectivity index (χ1n) is 6.97. The molecule has 5 heteroatoms. The number of carbonyl (C=O) groups excluding carboxylic acids is 1. The van der Waals surface area contributed by atoms with Crippen molar-refractivity contribution in [2.45, 2.75) is 25.7 Å². The van der Waals surface area contributed by atoms with Crippen LogP contribution in [0.25, 0.3) is 0 Å². The number of amides is 1. The minimum atomic E-state index is -0.396. The number of benzene rings is 1. The fourth-order valence-electron chi connectivity index (χ4n) is 2.79. The van der Waals surface area contributed by atoms with Crippen molar-refractivity contribution in [2.75, 3.05) is 30.9 Å². The topological polar surface area (TPSA) is 58.4 Å². The minimum Gasteiger partial charge on any atom is -0.376 e. The summed E-state index contributed by atoms with van der Waals surface area (Å²) in [6.07, 6.45) is 3.90. The number of nitrogens with two attached hydrogens (primary N) is 1. The molecule has 1 fully saturated rings. The Morgan fingerprint density at radius 3 is 2.55 bits per heavy atom. The summed E-state index contributed by atoms with van der Waals surface area (Å²) < 4.78 is 0. The fraction of sp³-hybridized carbons (Fsp3) is 0.533. The summed E-state index contributed by atoms with van der Waals surface area (Å²) in [5.41, 5.74) is 7.08. The van der Waals surface area contributed by atoms with Gasteiger partial charge in [0.2, 0.25) is 5.91 Å². The zero-order chi connectivity index (χ0) is 14.8. The first kappa shape index (κ1) is 15.1. The Morgan fingerprint density at radius 1 is 1.40 bits per heavy atom. The van der Waals surface area contributed by atoms with Crippen LogP contribution in [0.5, 0.6) is 0 Å². The lowest BCUT2D eigenvalue weighted by Crippen LogP contribution is -2.40. The van der Waals surface area contributed by atoms with E-state index in [4.69, 9.17) is 17.3 Å². The number of rotatable bonds is 4. The largest absolute Gasteiger partial charge is 0.376 e. The number of halogens is 1. The van der Waals surface area contributed by atoms with Gasteiger partial charge in [0.1, 0.15) is 0 Å². The molecule has 0 bridgehead atoms. The van der Waals surface area contributed by atoms with Crippen molar-refractivity contribution in [3.63, 3.8) is 0 Å². The minimum absolute atomic E-state index is 0.0196. The molecule has 0 heterocycles. The van der Waals surface area contributed by atoms with Crippen molar-refractivity contribution in [1.29, 1.82) is 0 Å². The fourth-order valence-corrected chi connectivity index (χ4v) is 3.14. The molecule has 0 spiro atoms. The van der Waals surface area contributed by atoms with E-state index in [1.54, 1.807) is 6.07 Å². The first-order chi connectivity index (χ1) is 9.48. The molecular formula is C15H22ClN3O. The lowest BCUT2D eigenvalue weighted by molar-refractivity contribution is -0.124. The van der Waals surface area contributed by atoms with E-state index in [0.29, 0.717) is 11.6 Å². The van der Waals surface area contributed by atoms with Crippen molar-refractivity contribution < 1.29 is 4.79 Å². The Kier molecular flexibility index (Phi) is 4.55. The van der Waals surface area contributed by atoms with Gasteiger partial charge in [0, 0.05) is 26.3 Å². The number of carbonyl (C=O) groups is 1. The molecule has 1 aromatic rings. The normalized spacial score (nSPS) is 17.0. The molecule has 4 nitrogen and oxygen atoms in total. The molecule has 1 aliphatic rings. The number of nitrogens with zero attached hydrogens (tertiary/aromatic N) is 1. The van der Waals surface area contributed by atoms with Gasteiger partial charge < -0.3 is 16.0 Å². The maximum absolute atomic E-state index is 12.5. The second-order valence-electron chi connectivity index (χ2n) is 5.71. The van der Waals surface area contributed by atoms with E-state index >= 15 is 0 Å². The van der Waals surface area contributed by atoms with Gasteiger partial charge in [0.05, 0.1) is 16.1 Å². The molecule has 0 atom stereocenters. The monoisotopic (exact) mass is 295 g/mol. The molecule has 20 heavy (non-hydrogen) atoms. The number of nitrogens with one attached hydrogen (secondary N) is 1. The lowest BCUT2D eigenvalue weighted by atomic mass is 9.85. The smallest absolute Gasteiger partial charge is 0.231 e. The van der Waals surface area contributed by atoms with Gasteiger partial charge in [-0.15, -0.1) is 0 Å². The van der Waals surface area contributed by atoms with E-state index < -0.39 is 5.41 Å². The quantitative estimate of drug-likeness (QED) is 0.898. The molecule has 1 amide bonds. The molecule has 2 rings (SSSR count). The number of hydrogen-bond acceptors (Lipinski definition) is 3. The van der Waals surface area contributed by atoms with Gasteiger partial charge in [-0.3, -0.25) is 4.79 Å². The van der Waals surface area contributed by atoms with Crippen molar-refractivity contribution in [3.8, 4) is 0 Å². The predicted molar refractivity (Wildman–Crippen MR) is 84.4 cm³/mol. The summed E-state index contributed by atoms with van der Waals surface area (Å²) in [7, 11) is 3.86. The van der Waals surface area contributed by atoms with Crippen LogP contribution in [0.2, 0.25) is 5.02 Å². The lowest BCUT2D eigenvalue weighted by Gasteiger charge is -2.26. The van der Waals surface area contributed by atoms with Crippen LogP contribution in [0.1, 0.15) is 25.7 Å². The molecule has 0 unspecified atom stereocenters.